The number of nitrogens with one attached hydrogen (secondary N) is 2. The lowest BCUT2D eigenvalue weighted by molar-refractivity contribution is 0.00814. The number of H-pyrrole nitrogens is 1. The lowest BCUT2D eigenvalue weighted by Crippen LogP contribution is -2.31. The van der Waals surface area contributed by atoms with Gasteiger partial charge in [0, 0.05) is 16.8 Å². The topological polar surface area (TPSA) is 91.1 Å². The first-order valence-electron chi connectivity index (χ1n) is 8.96. The van der Waals surface area contributed by atoms with Crippen LogP contribution in [0.3, 0.4) is 0 Å². The van der Waals surface area contributed by atoms with E-state index in [0.29, 0.717) is 0 Å². The molecule has 134 valence electrons. The summed E-state index contributed by atoms with van der Waals surface area (Å²) in [5.74, 6) is 0.782. The number of hydrogen-bond donors (Lipinski definition) is 3. The molecule has 26 heavy (non-hydrogen) atoms. The van der Waals surface area contributed by atoms with Crippen molar-refractivity contribution in [3.63, 3.8) is 0 Å². The molecule has 7 heteroatoms. The normalized spacial score (nSPS) is 22.2. The lowest BCUT2D eigenvalue weighted by atomic mass is 9.85. The Morgan fingerprint density at radius 1 is 1.35 bits per heavy atom. The molecule has 3 heterocycles. The molecule has 1 unspecified atom stereocenters. The Labute approximate surface area is 151 Å². The Kier molecular flexibility index (Phi) is 2.96. The molecular formula is C19H22N6O. The standard InChI is InChI=1S/C19H22N6O/c1-11-8-14(23-22-11)15-10-20-17-5-4-16(24-25(15)17)21-13-6-7-19(9-12(13)19)18(2,3)26/h4-5,8,10,26H,6-7,9H2,1-3H3,(H,21,24)(H,22,23). The Morgan fingerprint density at radius 2 is 2.19 bits per heavy atom. The minimum absolute atomic E-state index is 0.0355. The molecule has 2 aliphatic rings. The first kappa shape index (κ1) is 15.6. The summed E-state index contributed by atoms with van der Waals surface area (Å²) in [7, 11) is 0. The number of nitrogens with zero attached hydrogens (tertiary/aromatic N) is 4. The molecule has 1 atom stereocenters. The lowest BCUT2D eigenvalue weighted by Gasteiger charge is -2.26. The van der Waals surface area contributed by atoms with E-state index in [-0.39, 0.29) is 5.41 Å². The number of imidazole rings is 1. The van der Waals surface area contributed by atoms with Crippen molar-refractivity contribution in [3.05, 3.63) is 41.4 Å². The second kappa shape index (κ2) is 4.94. The average molecular weight is 350 g/mol. The third-order valence-electron chi connectivity index (χ3n) is 5.88. The molecule has 7 nitrogen and oxygen atoms in total. The number of aryl methyl sites for hydroxylation is 1. The van der Waals surface area contributed by atoms with E-state index < -0.39 is 5.60 Å². The molecule has 0 radical (unpaired) electrons. The summed E-state index contributed by atoms with van der Waals surface area (Å²) >= 11 is 0. The van der Waals surface area contributed by atoms with Crippen molar-refractivity contribution in [2.45, 2.75) is 45.6 Å². The van der Waals surface area contributed by atoms with Crippen molar-refractivity contribution < 1.29 is 5.11 Å². The van der Waals surface area contributed by atoms with E-state index in [1.54, 1.807) is 6.20 Å². The van der Waals surface area contributed by atoms with Crippen molar-refractivity contribution >= 4 is 11.5 Å². The summed E-state index contributed by atoms with van der Waals surface area (Å²) in [5, 5.41) is 25.9. The fraction of sp³-hybridized carbons (Fsp3) is 0.421. The van der Waals surface area contributed by atoms with Gasteiger partial charge in [-0.1, -0.05) is 0 Å². The molecule has 0 bridgehead atoms. The van der Waals surface area contributed by atoms with Crippen LogP contribution in [-0.4, -0.2) is 35.5 Å². The monoisotopic (exact) mass is 350 g/mol. The third kappa shape index (κ3) is 2.13. The summed E-state index contributed by atoms with van der Waals surface area (Å²) in [5.41, 5.74) is 5.31. The van der Waals surface area contributed by atoms with Gasteiger partial charge in [-0.25, -0.2) is 9.50 Å². The molecule has 0 saturated heterocycles. The van der Waals surface area contributed by atoms with Crippen LogP contribution in [0.5, 0.6) is 0 Å². The number of aromatic amines is 1. The predicted octanol–water partition coefficient (Wildman–Crippen LogP) is 3.05. The van der Waals surface area contributed by atoms with Crippen LogP contribution in [0.25, 0.3) is 17.0 Å². The molecule has 3 N–H and O–H groups in total. The van der Waals surface area contributed by atoms with Gasteiger partial charge in [-0.15, -0.1) is 5.10 Å². The predicted molar refractivity (Wildman–Crippen MR) is 98.5 cm³/mol. The van der Waals surface area contributed by atoms with Crippen molar-refractivity contribution in [3.8, 4) is 11.4 Å². The molecule has 0 spiro atoms. The van der Waals surface area contributed by atoms with Gasteiger partial charge in [-0.05, 0) is 63.8 Å². The van der Waals surface area contributed by atoms with Gasteiger partial charge in [0.05, 0.1) is 11.8 Å². The number of anilines is 1. The fourth-order valence-electron chi connectivity index (χ4n) is 4.23. The molecule has 0 aliphatic heterocycles. The molecule has 0 amide bonds. The number of rotatable bonds is 4. The zero-order chi connectivity index (χ0) is 18.1. The van der Waals surface area contributed by atoms with Crippen LogP contribution in [0.1, 0.15) is 38.8 Å². The van der Waals surface area contributed by atoms with Crippen LogP contribution in [0.2, 0.25) is 0 Å². The Bertz CT molecular complexity index is 1050. The third-order valence-corrected chi connectivity index (χ3v) is 5.88. The zero-order valence-electron chi connectivity index (χ0n) is 15.2. The number of fused-ring (bicyclic) bond motifs is 2. The summed E-state index contributed by atoms with van der Waals surface area (Å²) < 4.78 is 1.81. The SMILES string of the molecule is Cc1cc(-c2cnc3ccc(NC4=C5CC5(C(C)(C)O)CC4)nn23)n[nH]1. The summed E-state index contributed by atoms with van der Waals surface area (Å²) in [4.78, 5) is 4.42. The molecule has 0 aromatic carbocycles. The molecule has 2 aliphatic carbocycles. The molecule has 1 fully saturated rings. The highest BCUT2D eigenvalue weighted by atomic mass is 16.3. The second-order valence-electron chi connectivity index (χ2n) is 7.97. The first-order chi connectivity index (χ1) is 12.4. The van der Waals surface area contributed by atoms with Crippen molar-refractivity contribution in [2.24, 2.45) is 5.41 Å². The maximum absolute atomic E-state index is 10.5. The highest BCUT2D eigenvalue weighted by Crippen LogP contribution is 2.67. The minimum Gasteiger partial charge on any atom is -0.390 e. The number of aliphatic hydroxyl groups is 1. The maximum Gasteiger partial charge on any atom is 0.154 e. The van der Waals surface area contributed by atoms with Gasteiger partial charge in [0.15, 0.2) is 11.5 Å². The first-order valence-corrected chi connectivity index (χ1v) is 8.96. The van der Waals surface area contributed by atoms with Crippen LogP contribution in [0.15, 0.2) is 35.7 Å². The highest BCUT2D eigenvalue weighted by molar-refractivity contribution is 5.61. The summed E-state index contributed by atoms with van der Waals surface area (Å²) in [6, 6.07) is 5.88. The Morgan fingerprint density at radius 3 is 2.85 bits per heavy atom. The van der Waals surface area contributed by atoms with E-state index in [4.69, 9.17) is 5.10 Å². The van der Waals surface area contributed by atoms with Gasteiger partial charge in [0.25, 0.3) is 0 Å². The largest absolute Gasteiger partial charge is 0.390 e. The highest BCUT2D eigenvalue weighted by Gasteiger charge is 2.62. The fourth-order valence-corrected chi connectivity index (χ4v) is 4.23. The van der Waals surface area contributed by atoms with Gasteiger partial charge in [-0.3, -0.25) is 5.10 Å². The average Bonchev–Trinajstić information content (AvgIpc) is 2.87. The van der Waals surface area contributed by atoms with Crippen LogP contribution in [0.4, 0.5) is 5.82 Å². The maximum atomic E-state index is 10.5. The molecule has 3 aromatic rings. The van der Waals surface area contributed by atoms with Gasteiger partial charge in [0.1, 0.15) is 11.4 Å². The Balaban J connectivity index is 1.49. The Hall–Kier alpha value is -2.67. The van der Waals surface area contributed by atoms with Gasteiger partial charge >= 0.3 is 0 Å². The summed E-state index contributed by atoms with van der Waals surface area (Å²) in [6.07, 6.45) is 4.72. The molecule has 5 rings (SSSR count). The minimum atomic E-state index is -0.668. The van der Waals surface area contributed by atoms with Gasteiger partial charge in [-0.2, -0.15) is 5.10 Å². The van der Waals surface area contributed by atoms with Gasteiger partial charge < -0.3 is 10.4 Å². The number of allylic oxidation sites excluding steroid dienone is 1. The number of aromatic nitrogens is 5. The summed E-state index contributed by atoms with van der Waals surface area (Å²) in [6.45, 7) is 5.80. The zero-order valence-corrected chi connectivity index (χ0v) is 15.2. The van der Waals surface area contributed by atoms with Crippen molar-refractivity contribution in [2.75, 3.05) is 5.32 Å². The molecular weight excluding hydrogens is 328 g/mol. The second-order valence-corrected chi connectivity index (χ2v) is 7.97. The van der Waals surface area contributed by atoms with E-state index in [1.165, 1.54) is 11.3 Å². The van der Waals surface area contributed by atoms with E-state index in [2.05, 4.69) is 20.5 Å². The van der Waals surface area contributed by atoms with Crippen LogP contribution >= 0.6 is 0 Å². The molecule has 1 saturated carbocycles. The van der Waals surface area contributed by atoms with E-state index >= 15 is 0 Å². The molecule has 3 aromatic heterocycles. The van der Waals surface area contributed by atoms with E-state index in [0.717, 1.165) is 47.8 Å². The smallest absolute Gasteiger partial charge is 0.154 e. The number of hydrogen-bond acceptors (Lipinski definition) is 5. The quantitative estimate of drug-likeness (QED) is 0.673. The van der Waals surface area contributed by atoms with Gasteiger partial charge in [0.2, 0.25) is 0 Å². The van der Waals surface area contributed by atoms with E-state index in [9.17, 15) is 5.11 Å². The van der Waals surface area contributed by atoms with Crippen LogP contribution < -0.4 is 5.32 Å². The van der Waals surface area contributed by atoms with E-state index in [1.807, 2.05) is 43.5 Å². The van der Waals surface area contributed by atoms with Crippen molar-refractivity contribution in [1.29, 1.82) is 0 Å². The van der Waals surface area contributed by atoms with Crippen LogP contribution in [-0.2, 0) is 0 Å². The van der Waals surface area contributed by atoms with Crippen LogP contribution in [0, 0.1) is 12.3 Å². The van der Waals surface area contributed by atoms with Crippen molar-refractivity contribution in [1.82, 2.24) is 24.8 Å².